The second kappa shape index (κ2) is 6.88. The van der Waals surface area contributed by atoms with E-state index in [1.807, 2.05) is 12.1 Å². The summed E-state index contributed by atoms with van der Waals surface area (Å²) in [6.07, 6.45) is 2.12. The van der Waals surface area contributed by atoms with E-state index < -0.39 is 0 Å². The van der Waals surface area contributed by atoms with Crippen LogP contribution in [0.4, 0.5) is 0 Å². The van der Waals surface area contributed by atoms with Crippen LogP contribution in [0.3, 0.4) is 0 Å². The van der Waals surface area contributed by atoms with E-state index in [1.165, 1.54) is 12.7 Å². The molecule has 0 aliphatic carbocycles. The summed E-state index contributed by atoms with van der Waals surface area (Å²) in [4.78, 5) is 10.8. The van der Waals surface area contributed by atoms with Gasteiger partial charge in [-0.15, -0.1) is 0 Å². The Bertz CT molecular complexity index is 316. The molecule has 0 aliphatic heterocycles. The summed E-state index contributed by atoms with van der Waals surface area (Å²) in [6, 6.07) is 8.01. The topological polar surface area (TPSA) is 35.5 Å². The summed E-state index contributed by atoms with van der Waals surface area (Å²) < 4.78 is 10.0. The van der Waals surface area contributed by atoms with Gasteiger partial charge in [-0.25, -0.2) is 0 Å². The molecular weight excluding hydrogens is 204 g/mol. The summed E-state index contributed by atoms with van der Waals surface area (Å²) in [5.41, 5.74) is 1.29. The Hall–Kier alpha value is -1.51. The smallest absolute Gasteiger partial charge is 0.305 e. The highest BCUT2D eigenvalue weighted by molar-refractivity contribution is 5.68. The highest BCUT2D eigenvalue weighted by Crippen LogP contribution is 2.12. The Labute approximate surface area is 96.4 Å². The third-order valence-electron chi connectivity index (χ3n) is 2.35. The average molecular weight is 222 g/mol. The van der Waals surface area contributed by atoms with E-state index in [4.69, 9.17) is 4.74 Å². The van der Waals surface area contributed by atoms with Gasteiger partial charge in [-0.1, -0.05) is 19.1 Å². The minimum Gasteiger partial charge on any atom is -0.494 e. The van der Waals surface area contributed by atoms with Crippen molar-refractivity contribution in [2.24, 2.45) is 0 Å². The Morgan fingerprint density at radius 2 is 1.94 bits per heavy atom. The van der Waals surface area contributed by atoms with Crippen LogP contribution in [0.25, 0.3) is 0 Å². The lowest BCUT2D eigenvalue weighted by atomic mass is 10.2. The first kappa shape index (κ1) is 12.6. The normalized spacial score (nSPS) is 9.88. The van der Waals surface area contributed by atoms with Crippen LogP contribution >= 0.6 is 0 Å². The lowest BCUT2D eigenvalue weighted by molar-refractivity contribution is -0.140. The van der Waals surface area contributed by atoms with Crippen molar-refractivity contribution in [2.75, 3.05) is 13.7 Å². The molecule has 0 amide bonds. The third kappa shape index (κ3) is 4.34. The number of esters is 1. The van der Waals surface area contributed by atoms with Crippen molar-refractivity contribution in [3.8, 4) is 5.75 Å². The van der Waals surface area contributed by atoms with Crippen molar-refractivity contribution in [2.45, 2.75) is 26.2 Å². The van der Waals surface area contributed by atoms with Gasteiger partial charge in [-0.05, 0) is 30.5 Å². The molecule has 0 aromatic heterocycles. The van der Waals surface area contributed by atoms with Crippen LogP contribution in [0.5, 0.6) is 5.75 Å². The van der Waals surface area contributed by atoms with Gasteiger partial charge in [0.2, 0.25) is 0 Å². The molecule has 3 heteroatoms. The quantitative estimate of drug-likeness (QED) is 0.548. The van der Waals surface area contributed by atoms with Gasteiger partial charge in [-0.3, -0.25) is 4.79 Å². The minimum atomic E-state index is -0.190. The molecule has 0 saturated heterocycles. The third-order valence-corrected chi connectivity index (χ3v) is 2.35. The standard InChI is InChI=1S/C13H18O3/c1-3-11-6-8-12(9-7-11)16-10-4-5-13(14)15-2/h6-9H,3-5,10H2,1-2H3. The first-order chi connectivity index (χ1) is 7.76. The van der Waals surface area contributed by atoms with Crippen molar-refractivity contribution >= 4 is 5.97 Å². The Morgan fingerprint density at radius 3 is 2.50 bits per heavy atom. The first-order valence-corrected chi connectivity index (χ1v) is 5.54. The number of methoxy groups -OCH3 is 1. The van der Waals surface area contributed by atoms with Crippen LogP contribution in [0.1, 0.15) is 25.3 Å². The fraction of sp³-hybridized carbons (Fsp3) is 0.462. The summed E-state index contributed by atoms with van der Waals surface area (Å²) in [6.45, 7) is 2.66. The van der Waals surface area contributed by atoms with Crippen molar-refractivity contribution in [1.82, 2.24) is 0 Å². The lowest BCUT2D eigenvalue weighted by Gasteiger charge is -2.06. The van der Waals surface area contributed by atoms with Gasteiger partial charge in [0, 0.05) is 6.42 Å². The second-order valence-corrected chi connectivity index (χ2v) is 3.53. The Morgan fingerprint density at radius 1 is 1.25 bits per heavy atom. The lowest BCUT2D eigenvalue weighted by Crippen LogP contribution is -2.04. The van der Waals surface area contributed by atoms with Crippen LogP contribution < -0.4 is 4.74 Å². The van der Waals surface area contributed by atoms with Crippen molar-refractivity contribution in [3.63, 3.8) is 0 Å². The van der Waals surface area contributed by atoms with Crippen LogP contribution in [0, 0.1) is 0 Å². The molecule has 3 nitrogen and oxygen atoms in total. The van der Waals surface area contributed by atoms with Crippen molar-refractivity contribution < 1.29 is 14.3 Å². The number of carbonyl (C=O) groups is 1. The van der Waals surface area contributed by atoms with Gasteiger partial charge in [0.1, 0.15) is 5.75 Å². The van der Waals surface area contributed by atoms with E-state index in [1.54, 1.807) is 0 Å². The zero-order chi connectivity index (χ0) is 11.8. The molecule has 0 heterocycles. The molecule has 16 heavy (non-hydrogen) atoms. The van der Waals surface area contributed by atoms with Gasteiger partial charge in [0.25, 0.3) is 0 Å². The predicted molar refractivity (Wildman–Crippen MR) is 62.6 cm³/mol. The molecule has 0 atom stereocenters. The minimum absolute atomic E-state index is 0.190. The molecule has 0 unspecified atom stereocenters. The van der Waals surface area contributed by atoms with Crippen LogP contribution in [-0.2, 0) is 16.0 Å². The maximum absolute atomic E-state index is 10.8. The molecule has 0 bridgehead atoms. The van der Waals surface area contributed by atoms with Crippen molar-refractivity contribution in [1.29, 1.82) is 0 Å². The molecular formula is C13H18O3. The van der Waals surface area contributed by atoms with Crippen LogP contribution in [0.2, 0.25) is 0 Å². The SMILES string of the molecule is CCc1ccc(OCCCC(=O)OC)cc1. The fourth-order valence-corrected chi connectivity index (χ4v) is 1.33. The predicted octanol–water partition coefficient (Wildman–Crippen LogP) is 2.58. The molecule has 88 valence electrons. The number of ether oxygens (including phenoxy) is 2. The number of aryl methyl sites for hydroxylation is 1. The number of carbonyl (C=O) groups excluding carboxylic acids is 1. The number of hydrogen-bond donors (Lipinski definition) is 0. The summed E-state index contributed by atoms with van der Waals surface area (Å²) in [5.74, 6) is 0.659. The van der Waals surface area contributed by atoms with Crippen LogP contribution in [0.15, 0.2) is 24.3 Å². The van der Waals surface area contributed by atoms with Gasteiger partial charge in [-0.2, -0.15) is 0 Å². The monoisotopic (exact) mass is 222 g/mol. The molecule has 1 aromatic rings. The Balaban J connectivity index is 2.24. The average Bonchev–Trinajstić information content (AvgIpc) is 2.35. The van der Waals surface area contributed by atoms with E-state index in [9.17, 15) is 4.79 Å². The van der Waals surface area contributed by atoms with Gasteiger partial charge < -0.3 is 9.47 Å². The van der Waals surface area contributed by atoms with E-state index in [0.29, 0.717) is 19.4 Å². The molecule has 0 spiro atoms. The number of benzene rings is 1. The van der Waals surface area contributed by atoms with E-state index >= 15 is 0 Å². The maximum atomic E-state index is 10.8. The molecule has 0 radical (unpaired) electrons. The van der Waals surface area contributed by atoms with Crippen LogP contribution in [-0.4, -0.2) is 19.7 Å². The zero-order valence-electron chi connectivity index (χ0n) is 9.86. The van der Waals surface area contributed by atoms with E-state index in [2.05, 4.69) is 23.8 Å². The van der Waals surface area contributed by atoms with E-state index in [-0.39, 0.29) is 5.97 Å². The molecule has 0 N–H and O–H groups in total. The van der Waals surface area contributed by atoms with Gasteiger partial charge >= 0.3 is 5.97 Å². The summed E-state index contributed by atoms with van der Waals surface area (Å²) in [7, 11) is 1.40. The number of rotatable bonds is 6. The van der Waals surface area contributed by atoms with Gasteiger partial charge in [0.05, 0.1) is 13.7 Å². The van der Waals surface area contributed by atoms with Crippen molar-refractivity contribution in [3.05, 3.63) is 29.8 Å². The Kier molecular flexibility index (Phi) is 5.40. The zero-order valence-corrected chi connectivity index (χ0v) is 9.86. The first-order valence-electron chi connectivity index (χ1n) is 5.54. The molecule has 0 saturated carbocycles. The van der Waals surface area contributed by atoms with E-state index in [0.717, 1.165) is 12.2 Å². The highest BCUT2D eigenvalue weighted by atomic mass is 16.5. The fourth-order valence-electron chi connectivity index (χ4n) is 1.33. The molecule has 1 rings (SSSR count). The van der Waals surface area contributed by atoms with Gasteiger partial charge in [0.15, 0.2) is 0 Å². The molecule has 0 aliphatic rings. The largest absolute Gasteiger partial charge is 0.494 e. The molecule has 1 aromatic carbocycles. The summed E-state index contributed by atoms with van der Waals surface area (Å²) in [5, 5.41) is 0. The number of hydrogen-bond acceptors (Lipinski definition) is 3. The molecule has 0 fully saturated rings. The second-order valence-electron chi connectivity index (χ2n) is 3.53. The summed E-state index contributed by atoms with van der Waals surface area (Å²) >= 11 is 0. The highest BCUT2D eigenvalue weighted by Gasteiger charge is 2.00. The maximum Gasteiger partial charge on any atom is 0.305 e.